The van der Waals surface area contributed by atoms with Gasteiger partial charge in [0.05, 0.1) is 10.7 Å². The van der Waals surface area contributed by atoms with E-state index in [0.717, 1.165) is 19.3 Å². The van der Waals surface area contributed by atoms with Crippen molar-refractivity contribution in [2.24, 2.45) is 0 Å². The molecule has 0 aliphatic heterocycles. The van der Waals surface area contributed by atoms with Crippen molar-refractivity contribution < 1.29 is 10.1 Å². The molecule has 2 atom stereocenters. The van der Waals surface area contributed by atoms with Crippen LogP contribution >= 0.6 is 23.2 Å². The fourth-order valence-corrected chi connectivity index (χ4v) is 3.60. The lowest BCUT2D eigenvalue weighted by molar-refractivity contribution is -0.714. The van der Waals surface area contributed by atoms with Gasteiger partial charge in [-0.15, -0.1) is 0 Å². The Labute approximate surface area is 152 Å². The Morgan fingerprint density at radius 3 is 2.88 bits per heavy atom. The van der Waals surface area contributed by atoms with Crippen LogP contribution in [0.3, 0.4) is 0 Å². The highest BCUT2D eigenvalue weighted by Crippen LogP contribution is 2.27. The number of aryl methyl sites for hydroxylation is 1. The Kier molecular flexibility index (Phi) is 5.44. The van der Waals surface area contributed by atoms with Crippen molar-refractivity contribution in [1.82, 2.24) is 0 Å². The van der Waals surface area contributed by atoms with E-state index in [1.54, 1.807) is 18.2 Å². The minimum absolute atomic E-state index is 0.0674. The van der Waals surface area contributed by atoms with E-state index in [4.69, 9.17) is 23.2 Å². The van der Waals surface area contributed by atoms with Crippen LogP contribution in [-0.2, 0) is 11.2 Å². The summed E-state index contributed by atoms with van der Waals surface area (Å²) in [7, 11) is 0. The zero-order valence-corrected chi connectivity index (χ0v) is 15.1. The predicted octanol–water partition coefficient (Wildman–Crippen LogP) is 3.96. The molecular formula is C19H21Cl2N2O+. The average Bonchev–Trinajstić information content (AvgIpc) is 2.58. The zero-order valence-electron chi connectivity index (χ0n) is 13.6. The van der Waals surface area contributed by atoms with Crippen LogP contribution in [0.5, 0.6) is 0 Å². The van der Waals surface area contributed by atoms with Crippen molar-refractivity contribution in [3.63, 3.8) is 0 Å². The van der Waals surface area contributed by atoms with Gasteiger partial charge >= 0.3 is 0 Å². The first kappa shape index (κ1) is 17.3. The highest BCUT2D eigenvalue weighted by Gasteiger charge is 2.27. The number of amides is 1. The molecule has 0 aromatic heterocycles. The number of benzene rings is 2. The molecule has 0 heterocycles. The number of hydrogen-bond acceptors (Lipinski definition) is 1. The Morgan fingerprint density at radius 1 is 1.25 bits per heavy atom. The number of carbonyl (C=O) groups excluding carboxylic acids is 1. The SMILES string of the molecule is C[C@@H]([NH2+][C@@H]1CCCc2ccccc21)C(=O)Nc1cc(Cl)ccc1Cl. The van der Waals surface area contributed by atoms with Gasteiger partial charge in [-0.05, 0) is 43.5 Å². The molecule has 0 saturated heterocycles. The Morgan fingerprint density at radius 2 is 2.04 bits per heavy atom. The summed E-state index contributed by atoms with van der Waals surface area (Å²) in [5.41, 5.74) is 3.30. The van der Waals surface area contributed by atoms with E-state index in [9.17, 15) is 4.79 Å². The number of anilines is 1. The van der Waals surface area contributed by atoms with Gasteiger partial charge in [-0.2, -0.15) is 0 Å². The van der Waals surface area contributed by atoms with E-state index in [0.29, 0.717) is 21.8 Å². The molecule has 2 aromatic carbocycles. The minimum atomic E-state index is -0.212. The number of nitrogens with two attached hydrogens (primary N) is 1. The Hall–Kier alpha value is -1.55. The minimum Gasteiger partial charge on any atom is -0.330 e. The molecule has 3 rings (SSSR count). The topological polar surface area (TPSA) is 45.7 Å². The zero-order chi connectivity index (χ0) is 17.1. The fraction of sp³-hybridized carbons (Fsp3) is 0.316. The number of rotatable bonds is 4. The van der Waals surface area contributed by atoms with Crippen molar-refractivity contribution in [3.05, 3.63) is 63.6 Å². The van der Waals surface area contributed by atoms with Crippen LogP contribution in [-0.4, -0.2) is 11.9 Å². The van der Waals surface area contributed by atoms with Crippen LogP contribution in [0.25, 0.3) is 0 Å². The first-order valence-electron chi connectivity index (χ1n) is 8.23. The van der Waals surface area contributed by atoms with Gasteiger partial charge in [0, 0.05) is 17.0 Å². The first-order chi connectivity index (χ1) is 11.5. The molecule has 0 fully saturated rings. The number of halogens is 2. The number of carbonyl (C=O) groups is 1. The van der Waals surface area contributed by atoms with Gasteiger partial charge in [0.1, 0.15) is 6.04 Å². The summed E-state index contributed by atoms with van der Waals surface area (Å²) < 4.78 is 0. The van der Waals surface area contributed by atoms with Crippen molar-refractivity contribution in [3.8, 4) is 0 Å². The molecule has 24 heavy (non-hydrogen) atoms. The van der Waals surface area contributed by atoms with E-state index in [1.165, 1.54) is 11.1 Å². The summed E-state index contributed by atoms with van der Waals surface area (Å²) in [6.45, 7) is 1.92. The van der Waals surface area contributed by atoms with Gasteiger partial charge in [-0.25, -0.2) is 0 Å². The molecule has 0 radical (unpaired) electrons. The number of fused-ring (bicyclic) bond motifs is 1. The van der Waals surface area contributed by atoms with Crippen LogP contribution in [0.1, 0.15) is 36.9 Å². The molecule has 126 valence electrons. The second kappa shape index (κ2) is 7.56. The summed E-state index contributed by atoms with van der Waals surface area (Å²) >= 11 is 12.1. The summed E-state index contributed by atoms with van der Waals surface area (Å²) in [5, 5.41) is 6.06. The van der Waals surface area contributed by atoms with Crippen molar-refractivity contribution >= 4 is 34.8 Å². The molecular weight excluding hydrogens is 343 g/mol. The third-order valence-electron chi connectivity index (χ3n) is 4.54. The van der Waals surface area contributed by atoms with Crippen LogP contribution in [0.15, 0.2) is 42.5 Å². The molecule has 0 bridgehead atoms. The molecule has 1 aliphatic carbocycles. The maximum absolute atomic E-state index is 12.5. The third kappa shape index (κ3) is 3.92. The van der Waals surface area contributed by atoms with Gasteiger partial charge in [0.25, 0.3) is 5.91 Å². The van der Waals surface area contributed by atoms with Gasteiger partial charge in [-0.1, -0.05) is 47.5 Å². The summed E-state index contributed by atoms with van der Waals surface area (Å²) in [6.07, 6.45) is 3.37. The molecule has 0 spiro atoms. The van der Waals surface area contributed by atoms with Crippen LogP contribution < -0.4 is 10.6 Å². The maximum atomic E-state index is 12.5. The predicted molar refractivity (Wildman–Crippen MR) is 98.6 cm³/mol. The molecule has 1 aliphatic rings. The van der Waals surface area contributed by atoms with Gasteiger partial charge in [-0.3, -0.25) is 4.79 Å². The largest absolute Gasteiger partial charge is 0.330 e. The van der Waals surface area contributed by atoms with Gasteiger partial charge < -0.3 is 10.6 Å². The quantitative estimate of drug-likeness (QED) is 0.848. The molecule has 2 aromatic rings. The van der Waals surface area contributed by atoms with Crippen molar-refractivity contribution in [2.75, 3.05) is 5.32 Å². The molecule has 3 nitrogen and oxygen atoms in total. The fourth-order valence-electron chi connectivity index (χ4n) is 3.27. The van der Waals surface area contributed by atoms with Crippen molar-refractivity contribution in [1.29, 1.82) is 0 Å². The highest BCUT2D eigenvalue weighted by molar-refractivity contribution is 6.35. The van der Waals surface area contributed by atoms with E-state index < -0.39 is 0 Å². The van der Waals surface area contributed by atoms with Crippen molar-refractivity contribution in [2.45, 2.75) is 38.3 Å². The lowest BCUT2D eigenvalue weighted by Crippen LogP contribution is -2.92. The molecule has 0 unspecified atom stereocenters. The monoisotopic (exact) mass is 363 g/mol. The third-order valence-corrected chi connectivity index (χ3v) is 5.10. The average molecular weight is 364 g/mol. The Balaban J connectivity index is 1.68. The van der Waals surface area contributed by atoms with E-state index in [2.05, 4.69) is 34.9 Å². The van der Waals surface area contributed by atoms with Gasteiger partial charge in [0.2, 0.25) is 0 Å². The van der Waals surface area contributed by atoms with Crippen LogP contribution in [0.2, 0.25) is 10.0 Å². The normalized spacial score (nSPS) is 17.9. The highest BCUT2D eigenvalue weighted by atomic mass is 35.5. The maximum Gasteiger partial charge on any atom is 0.282 e. The lowest BCUT2D eigenvalue weighted by Gasteiger charge is -2.26. The number of nitrogens with one attached hydrogen (secondary N) is 1. The standard InChI is InChI=1S/C19H20Cl2N2O/c1-12(19(24)23-18-11-14(20)9-10-16(18)21)22-17-8-4-6-13-5-2-3-7-15(13)17/h2-3,5,7,9-12,17,22H,4,6,8H2,1H3,(H,23,24)/p+1/t12-,17-/m1/s1. The van der Waals surface area contributed by atoms with Gasteiger partial charge in [0.15, 0.2) is 6.04 Å². The Bertz CT molecular complexity index is 748. The first-order valence-corrected chi connectivity index (χ1v) is 8.99. The molecule has 3 N–H and O–H groups in total. The molecule has 0 saturated carbocycles. The molecule has 5 heteroatoms. The number of quaternary nitrogens is 1. The van der Waals surface area contributed by atoms with E-state index in [1.807, 2.05) is 6.92 Å². The summed E-state index contributed by atoms with van der Waals surface area (Å²) in [6, 6.07) is 13.7. The number of hydrogen-bond donors (Lipinski definition) is 2. The smallest absolute Gasteiger partial charge is 0.282 e. The van der Waals surface area contributed by atoms with E-state index in [-0.39, 0.29) is 11.9 Å². The molecule has 1 amide bonds. The van der Waals surface area contributed by atoms with E-state index >= 15 is 0 Å². The van der Waals surface area contributed by atoms with Crippen LogP contribution in [0, 0.1) is 0 Å². The second-order valence-corrected chi connectivity index (χ2v) is 7.14. The lowest BCUT2D eigenvalue weighted by atomic mass is 9.87. The van der Waals surface area contributed by atoms with Crippen LogP contribution in [0.4, 0.5) is 5.69 Å². The summed E-state index contributed by atoms with van der Waals surface area (Å²) in [5.74, 6) is -0.0674. The second-order valence-electron chi connectivity index (χ2n) is 6.29. The summed E-state index contributed by atoms with van der Waals surface area (Å²) in [4.78, 5) is 12.5.